The summed E-state index contributed by atoms with van der Waals surface area (Å²) in [5.41, 5.74) is 0.00959. The van der Waals surface area contributed by atoms with E-state index in [0.717, 1.165) is 25.7 Å². The van der Waals surface area contributed by atoms with Crippen molar-refractivity contribution < 1.29 is 28.6 Å². The van der Waals surface area contributed by atoms with Crippen LogP contribution in [0.15, 0.2) is 12.2 Å². The first-order chi connectivity index (χ1) is 9.51. The molecule has 0 spiro atoms. The van der Waals surface area contributed by atoms with Crippen LogP contribution in [-0.4, -0.2) is 38.2 Å². The fourth-order valence-corrected chi connectivity index (χ4v) is 1.29. The van der Waals surface area contributed by atoms with Crippen LogP contribution < -0.4 is 0 Å². The van der Waals surface area contributed by atoms with Gasteiger partial charge in [0.05, 0.1) is 20.1 Å². The molecule has 0 heterocycles. The zero-order chi connectivity index (χ0) is 15.4. The summed E-state index contributed by atoms with van der Waals surface area (Å²) in [5, 5.41) is 0. The Labute approximate surface area is 119 Å². The molecular weight excluding hydrogens is 264 g/mol. The molecule has 0 unspecified atom stereocenters. The Kier molecular flexibility index (Phi) is 10.00. The van der Waals surface area contributed by atoms with E-state index in [4.69, 9.17) is 4.74 Å². The Bertz CT molecular complexity index is 348. The van der Waals surface area contributed by atoms with Crippen molar-refractivity contribution in [2.75, 3.05) is 20.3 Å². The number of ether oxygens (including phenoxy) is 3. The fraction of sp³-hybridized carbons (Fsp3) is 0.643. The zero-order valence-electron chi connectivity index (χ0n) is 12.1. The molecule has 0 amide bonds. The molecule has 6 nitrogen and oxygen atoms in total. The first-order valence-electron chi connectivity index (χ1n) is 6.58. The van der Waals surface area contributed by atoms with Gasteiger partial charge < -0.3 is 14.2 Å². The van der Waals surface area contributed by atoms with Crippen LogP contribution >= 0.6 is 0 Å². The number of unbranched alkanes of at least 4 members (excludes halogenated alkanes) is 3. The summed E-state index contributed by atoms with van der Waals surface area (Å²) in [4.78, 5) is 33.5. The Morgan fingerprint density at radius 3 is 2.30 bits per heavy atom. The standard InChI is InChI=1S/C14H22O6/c1-4-5-6-7-8-19-14(17)11(2)9-12(15)20-10-13(16)18-3/h2,4-10H2,1,3H3. The van der Waals surface area contributed by atoms with E-state index in [-0.39, 0.29) is 12.0 Å². The minimum absolute atomic E-state index is 0.00959. The van der Waals surface area contributed by atoms with Gasteiger partial charge in [0.15, 0.2) is 6.61 Å². The third-order valence-electron chi connectivity index (χ3n) is 2.46. The molecule has 0 aliphatic rings. The number of carbonyl (C=O) groups excluding carboxylic acids is 3. The highest BCUT2D eigenvalue weighted by atomic mass is 16.6. The average molecular weight is 286 g/mol. The second-order valence-electron chi connectivity index (χ2n) is 4.21. The predicted molar refractivity (Wildman–Crippen MR) is 71.8 cm³/mol. The SMILES string of the molecule is C=C(CC(=O)OCC(=O)OC)C(=O)OCCCCCC. The molecule has 0 radical (unpaired) electrons. The quantitative estimate of drug-likeness (QED) is 0.263. The highest BCUT2D eigenvalue weighted by molar-refractivity contribution is 5.93. The normalized spacial score (nSPS) is 9.70. The van der Waals surface area contributed by atoms with E-state index < -0.39 is 24.5 Å². The van der Waals surface area contributed by atoms with E-state index in [1.54, 1.807) is 0 Å². The number of methoxy groups -OCH3 is 1. The van der Waals surface area contributed by atoms with Gasteiger partial charge in [-0.2, -0.15) is 0 Å². The third kappa shape index (κ3) is 9.13. The van der Waals surface area contributed by atoms with Gasteiger partial charge in [0, 0.05) is 5.57 Å². The minimum Gasteiger partial charge on any atom is -0.466 e. The molecule has 0 fully saturated rings. The highest BCUT2D eigenvalue weighted by Crippen LogP contribution is 2.05. The average Bonchev–Trinajstić information content (AvgIpc) is 2.44. The second-order valence-corrected chi connectivity index (χ2v) is 4.21. The molecule has 0 saturated carbocycles. The second kappa shape index (κ2) is 11.0. The summed E-state index contributed by atoms with van der Waals surface area (Å²) in [5.74, 6) is -2.00. The number of rotatable bonds is 10. The molecule has 0 N–H and O–H groups in total. The molecule has 0 saturated heterocycles. The van der Waals surface area contributed by atoms with E-state index in [1.807, 2.05) is 0 Å². The molecule has 0 atom stereocenters. The van der Waals surface area contributed by atoms with Crippen molar-refractivity contribution in [1.29, 1.82) is 0 Å². The molecule has 0 bridgehead atoms. The van der Waals surface area contributed by atoms with E-state index in [2.05, 4.69) is 23.0 Å². The number of hydrogen-bond donors (Lipinski definition) is 0. The molecule has 0 aromatic heterocycles. The summed E-state index contributed by atoms with van der Waals surface area (Å²) in [6.07, 6.45) is 3.69. The van der Waals surface area contributed by atoms with Gasteiger partial charge in [0.25, 0.3) is 0 Å². The lowest BCUT2D eigenvalue weighted by atomic mass is 10.2. The first kappa shape index (κ1) is 18.1. The number of carbonyl (C=O) groups is 3. The maximum absolute atomic E-state index is 11.5. The van der Waals surface area contributed by atoms with Crippen LogP contribution in [0.5, 0.6) is 0 Å². The monoisotopic (exact) mass is 286 g/mol. The Morgan fingerprint density at radius 2 is 1.70 bits per heavy atom. The lowest BCUT2D eigenvalue weighted by Crippen LogP contribution is -2.17. The van der Waals surface area contributed by atoms with Crippen molar-refractivity contribution in [2.24, 2.45) is 0 Å². The lowest BCUT2D eigenvalue weighted by molar-refractivity contribution is -0.157. The van der Waals surface area contributed by atoms with Gasteiger partial charge in [-0.15, -0.1) is 0 Å². The van der Waals surface area contributed by atoms with Crippen LogP contribution in [0.4, 0.5) is 0 Å². The van der Waals surface area contributed by atoms with E-state index >= 15 is 0 Å². The molecule has 0 rings (SSSR count). The van der Waals surface area contributed by atoms with Gasteiger partial charge in [-0.1, -0.05) is 32.8 Å². The maximum atomic E-state index is 11.5. The van der Waals surface area contributed by atoms with E-state index in [9.17, 15) is 14.4 Å². The van der Waals surface area contributed by atoms with Gasteiger partial charge >= 0.3 is 17.9 Å². The Balaban J connectivity index is 3.81. The smallest absolute Gasteiger partial charge is 0.344 e. The van der Waals surface area contributed by atoms with Gasteiger partial charge in [0.1, 0.15) is 0 Å². The van der Waals surface area contributed by atoms with Crippen LogP contribution in [0.25, 0.3) is 0 Å². The maximum Gasteiger partial charge on any atom is 0.344 e. The summed E-state index contributed by atoms with van der Waals surface area (Å²) in [6.45, 7) is 5.39. The third-order valence-corrected chi connectivity index (χ3v) is 2.46. The van der Waals surface area contributed by atoms with E-state index in [0.29, 0.717) is 6.61 Å². The summed E-state index contributed by atoms with van der Waals surface area (Å²) >= 11 is 0. The van der Waals surface area contributed by atoms with Crippen molar-refractivity contribution in [3.8, 4) is 0 Å². The predicted octanol–water partition coefficient (Wildman–Crippen LogP) is 1.77. The molecule has 0 aliphatic heterocycles. The molecule has 20 heavy (non-hydrogen) atoms. The van der Waals surface area contributed by atoms with Gasteiger partial charge in [-0.25, -0.2) is 9.59 Å². The molecule has 0 aromatic rings. The van der Waals surface area contributed by atoms with Crippen molar-refractivity contribution in [3.05, 3.63) is 12.2 Å². The summed E-state index contributed by atoms with van der Waals surface area (Å²) in [7, 11) is 1.19. The fourth-order valence-electron chi connectivity index (χ4n) is 1.29. The van der Waals surface area contributed by atoms with Crippen LogP contribution in [-0.2, 0) is 28.6 Å². The van der Waals surface area contributed by atoms with Gasteiger partial charge in [-0.3, -0.25) is 4.79 Å². The molecule has 6 heteroatoms. The number of hydrogen-bond acceptors (Lipinski definition) is 6. The molecule has 114 valence electrons. The van der Waals surface area contributed by atoms with Crippen molar-refractivity contribution in [1.82, 2.24) is 0 Å². The van der Waals surface area contributed by atoms with Gasteiger partial charge in [-0.05, 0) is 6.42 Å². The number of esters is 3. The first-order valence-corrected chi connectivity index (χ1v) is 6.58. The summed E-state index contributed by atoms with van der Waals surface area (Å²) in [6, 6.07) is 0. The lowest BCUT2D eigenvalue weighted by Gasteiger charge is -2.07. The Morgan fingerprint density at radius 1 is 1.00 bits per heavy atom. The van der Waals surface area contributed by atoms with Crippen LogP contribution in [0.3, 0.4) is 0 Å². The topological polar surface area (TPSA) is 78.9 Å². The van der Waals surface area contributed by atoms with Crippen LogP contribution in [0.1, 0.15) is 39.0 Å². The van der Waals surface area contributed by atoms with Crippen molar-refractivity contribution in [3.63, 3.8) is 0 Å². The minimum atomic E-state index is -0.719. The molecule has 0 aliphatic carbocycles. The molecule has 0 aromatic carbocycles. The Hall–Kier alpha value is -1.85. The van der Waals surface area contributed by atoms with Crippen molar-refractivity contribution in [2.45, 2.75) is 39.0 Å². The van der Waals surface area contributed by atoms with E-state index in [1.165, 1.54) is 7.11 Å². The molecular formula is C14H22O6. The van der Waals surface area contributed by atoms with Gasteiger partial charge in [0.2, 0.25) is 0 Å². The zero-order valence-corrected chi connectivity index (χ0v) is 12.1. The van der Waals surface area contributed by atoms with Crippen LogP contribution in [0.2, 0.25) is 0 Å². The highest BCUT2D eigenvalue weighted by Gasteiger charge is 2.15. The summed E-state index contributed by atoms with van der Waals surface area (Å²) < 4.78 is 13.9. The van der Waals surface area contributed by atoms with Crippen LogP contribution in [0, 0.1) is 0 Å². The van der Waals surface area contributed by atoms with Crippen molar-refractivity contribution >= 4 is 17.9 Å². The largest absolute Gasteiger partial charge is 0.466 e.